The van der Waals surface area contributed by atoms with Crippen LogP contribution in [0, 0.1) is 5.92 Å². The molecule has 0 amide bonds. The molecule has 0 radical (unpaired) electrons. The van der Waals surface area contributed by atoms with Crippen LogP contribution in [-0.2, 0) is 14.3 Å². The van der Waals surface area contributed by atoms with Gasteiger partial charge in [-0.1, -0.05) is 36.4 Å². The number of hydrogen-bond acceptors (Lipinski definition) is 4. The van der Waals surface area contributed by atoms with Crippen molar-refractivity contribution < 1.29 is 19.1 Å². The Morgan fingerprint density at radius 3 is 2.72 bits per heavy atom. The van der Waals surface area contributed by atoms with Crippen LogP contribution in [-0.4, -0.2) is 23.5 Å². The highest BCUT2D eigenvalue weighted by atomic mass is 16.6. The van der Waals surface area contributed by atoms with Crippen LogP contribution in [0.2, 0.25) is 0 Å². The number of aromatic nitrogens is 1. The number of hydrogen-bond donors (Lipinski definition) is 1. The minimum atomic E-state index is -1.02. The van der Waals surface area contributed by atoms with Crippen molar-refractivity contribution in [2.45, 2.75) is 12.8 Å². The van der Waals surface area contributed by atoms with Crippen LogP contribution in [0.25, 0.3) is 10.9 Å². The van der Waals surface area contributed by atoms with Gasteiger partial charge in [-0.2, -0.15) is 0 Å². The summed E-state index contributed by atoms with van der Waals surface area (Å²) in [4.78, 5) is 28.3. The van der Waals surface area contributed by atoms with Crippen molar-refractivity contribution >= 4 is 22.8 Å². The Kier molecular flexibility index (Phi) is 3.76. The van der Waals surface area contributed by atoms with Crippen LogP contribution in [0.5, 0.6) is 5.75 Å². The number of carbonyl (C=O) groups is 2. The maximum Gasteiger partial charge on any atom is 0.326 e. The molecule has 0 bridgehead atoms. The fourth-order valence-corrected chi connectivity index (χ4v) is 3.48. The molecule has 0 saturated heterocycles. The lowest BCUT2D eigenvalue weighted by Crippen LogP contribution is -2.38. The summed E-state index contributed by atoms with van der Waals surface area (Å²) in [5.74, 6) is -2.12. The molecule has 0 aliphatic carbocycles. The van der Waals surface area contributed by atoms with Gasteiger partial charge in [0.1, 0.15) is 5.75 Å². The summed E-state index contributed by atoms with van der Waals surface area (Å²) in [6.45, 7) is 1.94. The topological polar surface area (TPSA) is 68.4 Å². The predicted octanol–water partition coefficient (Wildman–Crippen LogP) is 3.40. The van der Waals surface area contributed by atoms with Crippen molar-refractivity contribution in [1.82, 2.24) is 4.98 Å². The summed E-state index contributed by atoms with van der Waals surface area (Å²) in [5, 5.41) is 0.978. The SMILES string of the molecule is CCOC(=O)C1C(=O)Oc2ccccc2C1c1c[nH]c2ccccc12. The maximum atomic E-state index is 12.6. The summed E-state index contributed by atoms with van der Waals surface area (Å²) in [6.07, 6.45) is 1.86. The lowest BCUT2D eigenvalue weighted by Gasteiger charge is -2.30. The zero-order chi connectivity index (χ0) is 17.4. The van der Waals surface area contributed by atoms with Gasteiger partial charge in [0, 0.05) is 28.6 Å². The van der Waals surface area contributed by atoms with E-state index >= 15 is 0 Å². The summed E-state index contributed by atoms with van der Waals surface area (Å²) < 4.78 is 10.6. The third-order valence-corrected chi connectivity index (χ3v) is 4.55. The lowest BCUT2D eigenvalue weighted by molar-refractivity contribution is -0.158. The van der Waals surface area contributed by atoms with E-state index in [0.717, 1.165) is 22.0 Å². The molecule has 4 rings (SSSR count). The van der Waals surface area contributed by atoms with Crippen molar-refractivity contribution in [3.63, 3.8) is 0 Å². The van der Waals surface area contributed by atoms with Gasteiger partial charge in [-0.15, -0.1) is 0 Å². The van der Waals surface area contributed by atoms with Gasteiger partial charge >= 0.3 is 11.9 Å². The molecule has 1 aliphatic rings. The molecule has 1 N–H and O–H groups in total. The average Bonchev–Trinajstić information content (AvgIpc) is 3.04. The highest BCUT2D eigenvalue weighted by Gasteiger charge is 2.45. The van der Waals surface area contributed by atoms with Crippen molar-refractivity contribution in [2.24, 2.45) is 5.92 Å². The van der Waals surface area contributed by atoms with Gasteiger partial charge in [-0.25, -0.2) is 0 Å². The number of fused-ring (bicyclic) bond motifs is 2. The Morgan fingerprint density at radius 1 is 1.12 bits per heavy atom. The van der Waals surface area contributed by atoms with E-state index in [1.165, 1.54) is 0 Å². The zero-order valence-electron chi connectivity index (χ0n) is 13.7. The molecule has 1 aliphatic heterocycles. The molecule has 2 atom stereocenters. The van der Waals surface area contributed by atoms with Crippen molar-refractivity contribution in [2.75, 3.05) is 6.61 Å². The first-order valence-corrected chi connectivity index (χ1v) is 8.24. The molecular weight excluding hydrogens is 318 g/mol. The molecular formula is C20H17NO4. The summed E-state index contributed by atoms with van der Waals surface area (Å²) in [6, 6.07) is 15.1. The van der Waals surface area contributed by atoms with Crippen molar-refractivity contribution in [3.05, 3.63) is 65.9 Å². The lowest BCUT2D eigenvalue weighted by atomic mass is 9.78. The summed E-state index contributed by atoms with van der Waals surface area (Å²) in [7, 11) is 0. The number of aromatic amines is 1. The van der Waals surface area contributed by atoms with Crippen LogP contribution < -0.4 is 4.74 Å². The standard InChI is InChI=1S/C20H17NO4/c1-2-24-19(22)18-17(13-8-4-6-10-16(13)25-20(18)23)14-11-21-15-9-5-3-7-12(14)15/h3-11,17-18,21H,2H2,1H3. The van der Waals surface area contributed by atoms with Crippen LogP contribution in [0.15, 0.2) is 54.7 Å². The number of para-hydroxylation sites is 2. The van der Waals surface area contributed by atoms with E-state index in [1.807, 2.05) is 48.7 Å². The van der Waals surface area contributed by atoms with Gasteiger partial charge < -0.3 is 14.5 Å². The molecule has 2 aromatic carbocycles. The first kappa shape index (κ1) is 15.4. The van der Waals surface area contributed by atoms with Crippen LogP contribution in [0.3, 0.4) is 0 Å². The minimum Gasteiger partial charge on any atom is -0.465 e. The molecule has 126 valence electrons. The largest absolute Gasteiger partial charge is 0.465 e. The van der Waals surface area contributed by atoms with E-state index in [2.05, 4.69) is 4.98 Å². The summed E-state index contributed by atoms with van der Waals surface area (Å²) in [5.41, 5.74) is 2.65. The Hall–Kier alpha value is -3.08. The zero-order valence-corrected chi connectivity index (χ0v) is 13.7. The fraction of sp³-hybridized carbons (Fsp3) is 0.200. The molecule has 5 nitrogen and oxygen atoms in total. The van der Waals surface area contributed by atoms with Crippen molar-refractivity contribution in [1.29, 1.82) is 0 Å². The highest BCUT2D eigenvalue weighted by molar-refractivity contribution is 6.00. The second-order valence-electron chi connectivity index (χ2n) is 5.96. The van der Waals surface area contributed by atoms with E-state index in [4.69, 9.17) is 9.47 Å². The normalized spacial score (nSPS) is 19.3. The van der Waals surface area contributed by atoms with Gasteiger partial charge in [0.15, 0.2) is 5.92 Å². The first-order chi connectivity index (χ1) is 12.2. The monoisotopic (exact) mass is 335 g/mol. The third-order valence-electron chi connectivity index (χ3n) is 4.55. The quantitative estimate of drug-likeness (QED) is 0.452. The Labute approximate surface area is 144 Å². The molecule has 2 unspecified atom stereocenters. The second kappa shape index (κ2) is 6.09. The Bertz CT molecular complexity index is 959. The summed E-state index contributed by atoms with van der Waals surface area (Å²) >= 11 is 0. The van der Waals surface area contributed by atoms with Gasteiger partial charge in [0.05, 0.1) is 6.61 Å². The molecule has 5 heteroatoms. The Morgan fingerprint density at radius 2 is 1.88 bits per heavy atom. The molecule has 0 spiro atoms. The predicted molar refractivity (Wildman–Crippen MR) is 92.3 cm³/mol. The molecule has 25 heavy (non-hydrogen) atoms. The average molecular weight is 335 g/mol. The van der Waals surface area contributed by atoms with E-state index < -0.39 is 23.8 Å². The van der Waals surface area contributed by atoms with Crippen LogP contribution in [0.4, 0.5) is 0 Å². The Balaban J connectivity index is 1.93. The molecule has 1 aromatic heterocycles. The molecule has 2 heterocycles. The van der Waals surface area contributed by atoms with Gasteiger partial charge in [0.2, 0.25) is 0 Å². The van der Waals surface area contributed by atoms with E-state index in [1.54, 1.807) is 13.0 Å². The number of carbonyl (C=O) groups excluding carboxylic acids is 2. The number of nitrogens with one attached hydrogen (secondary N) is 1. The molecule has 0 fully saturated rings. The first-order valence-electron chi connectivity index (χ1n) is 8.24. The van der Waals surface area contributed by atoms with Gasteiger partial charge in [-0.3, -0.25) is 9.59 Å². The number of esters is 2. The van der Waals surface area contributed by atoms with Crippen LogP contribution >= 0.6 is 0 Å². The fourth-order valence-electron chi connectivity index (χ4n) is 3.48. The smallest absolute Gasteiger partial charge is 0.326 e. The van der Waals surface area contributed by atoms with Gasteiger partial charge in [0.25, 0.3) is 0 Å². The number of rotatable bonds is 3. The second-order valence-corrected chi connectivity index (χ2v) is 5.96. The van der Waals surface area contributed by atoms with E-state index in [9.17, 15) is 9.59 Å². The molecule has 0 saturated carbocycles. The van der Waals surface area contributed by atoms with E-state index in [-0.39, 0.29) is 6.61 Å². The van der Waals surface area contributed by atoms with Gasteiger partial charge in [-0.05, 0) is 24.6 Å². The van der Waals surface area contributed by atoms with Crippen LogP contribution in [0.1, 0.15) is 24.0 Å². The maximum absolute atomic E-state index is 12.6. The van der Waals surface area contributed by atoms with Crippen molar-refractivity contribution in [3.8, 4) is 5.75 Å². The molecule has 3 aromatic rings. The number of ether oxygens (including phenoxy) is 2. The van der Waals surface area contributed by atoms with E-state index in [0.29, 0.717) is 5.75 Å². The third kappa shape index (κ3) is 2.48. The highest BCUT2D eigenvalue weighted by Crippen LogP contribution is 2.44. The minimum absolute atomic E-state index is 0.213. The number of benzene rings is 2. The number of H-pyrrole nitrogens is 1.